The molecule has 0 spiro atoms. The maximum atomic E-state index is 5.97. The lowest BCUT2D eigenvalue weighted by Crippen LogP contribution is -2.38. The molecule has 2 saturated heterocycles. The first-order valence-electron chi connectivity index (χ1n) is 5.80. The minimum absolute atomic E-state index is 0.214. The molecule has 0 amide bonds. The molecule has 0 radical (unpaired) electrons. The zero-order valence-electron chi connectivity index (χ0n) is 9.22. The van der Waals surface area contributed by atoms with Crippen LogP contribution in [0.4, 0.5) is 0 Å². The van der Waals surface area contributed by atoms with Crippen molar-refractivity contribution in [1.29, 1.82) is 0 Å². The first-order valence-corrected chi connectivity index (χ1v) is 5.80. The first-order chi connectivity index (χ1) is 7.86. The minimum Gasteiger partial charge on any atom is -0.376 e. The molecule has 0 aliphatic carbocycles. The number of hydrogen-bond acceptors (Lipinski definition) is 3. The summed E-state index contributed by atoms with van der Waals surface area (Å²) < 4.78 is 17.3. The van der Waals surface area contributed by atoms with E-state index in [-0.39, 0.29) is 6.10 Å². The summed E-state index contributed by atoms with van der Waals surface area (Å²) in [5.74, 6) is -0.539. The van der Waals surface area contributed by atoms with Gasteiger partial charge >= 0.3 is 0 Å². The van der Waals surface area contributed by atoms with Crippen molar-refractivity contribution in [2.75, 3.05) is 19.8 Å². The Bertz CT molecular complexity index is 351. The smallest absolute Gasteiger partial charge is 0.196 e. The molecule has 2 aliphatic heterocycles. The van der Waals surface area contributed by atoms with Crippen molar-refractivity contribution in [3.63, 3.8) is 0 Å². The van der Waals surface area contributed by atoms with Crippen molar-refractivity contribution >= 4 is 0 Å². The van der Waals surface area contributed by atoms with Crippen LogP contribution in [0.2, 0.25) is 0 Å². The Balaban J connectivity index is 1.77. The predicted molar refractivity (Wildman–Crippen MR) is 59.1 cm³/mol. The van der Waals surface area contributed by atoms with Crippen LogP contribution in [-0.2, 0) is 20.6 Å². The van der Waals surface area contributed by atoms with Crippen molar-refractivity contribution in [3.05, 3.63) is 35.9 Å². The lowest BCUT2D eigenvalue weighted by atomic mass is 10.1. The zero-order chi connectivity index (χ0) is 10.8. The highest BCUT2D eigenvalue weighted by Crippen LogP contribution is 2.31. The third kappa shape index (κ3) is 1.98. The van der Waals surface area contributed by atoms with Crippen LogP contribution in [0.25, 0.3) is 0 Å². The molecule has 2 aliphatic rings. The third-order valence-corrected chi connectivity index (χ3v) is 3.14. The van der Waals surface area contributed by atoms with Gasteiger partial charge in [-0.05, 0) is 12.0 Å². The van der Waals surface area contributed by atoms with Gasteiger partial charge in [0.15, 0.2) is 5.79 Å². The molecule has 0 aromatic heterocycles. The van der Waals surface area contributed by atoms with Gasteiger partial charge in [-0.3, -0.25) is 0 Å². The summed E-state index contributed by atoms with van der Waals surface area (Å²) >= 11 is 0. The van der Waals surface area contributed by atoms with Crippen LogP contribution in [0.3, 0.4) is 0 Å². The number of hydrogen-bond donors (Lipinski definition) is 0. The largest absolute Gasteiger partial charge is 0.376 e. The molecular weight excluding hydrogens is 204 g/mol. The van der Waals surface area contributed by atoms with E-state index in [0.717, 1.165) is 19.4 Å². The second-order valence-electron chi connectivity index (χ2n) is 4.47. The quantitative estimate of drug-likeness (QED) is 0.760. The molecule has 2 heterocycles. The molecule has 0 unspecified atom stereocenters. The van der Waals surface area contributed by atoms with E-state index >= 15 is 0 Å². The van der Waals surface area contributed by atoms with Gasteiger partial charge in [-0.25, -0.2) is 0 Å². The van der Waals surface area contributed by atoms with E-state index in [1.165, 1.54) is 5.56 Å². The van der Waals surface area contributed by atoms with Crippen LogP contribution in [0, 0.1) is 0 Å². The average Bonchev–Trinajstić information content (AvgIpc) is 2.56. The molecule has 2 atom stereocenters. The maximum absolute atomic E-state index is 5.97. The molecule has 1 aromatic rings. The molecular formula is C13H16O3. The highest BCUT2D eigenvalue weighted by atomic mass is 16.8. The van der Waals surface area contributed by atoms with E-state index in [2.05, 4.69) is 12.1 Å². The van der Waals surface area contributed by atoms with E-state index in [4.69, 9.17) is 14.2 Å². The maximum Gasteiger partial charge on any atom is 0.196 e. The normalized spacial score (nSPS) is 33.6. The van der Waals surface area contributed by atoms with Gasteiger partial charge in [0.2, 0.25) is 0 Å². The van der Waals surface area contributed by atoms with E-state index in [1.54, 1.807) is 0 Å². The number of rotatable bonds is 2. The summed E-state index contributed by atoms with van der Waals surface area (Å²) in [6.45, 7) is 2.03. The molecule has 16 heavy (non-hydrogen) atoms. The van der Waals surface area contributed by atoms with Gasteiger partial charge in [-0.2, -0.15) is 0 Å². The Kier molecular flexibility index (Phi) is 2.67. The van der Waals surface area contributed by atoms with Crippen LogP contribution in [0.15, 0.2) is 30.3 Å². The van der Waals surface area contributed by atoms with Crippen molar-refractivity contribution in [2.45, 2.75) is 24.7 Å². The van der Waals surface area contributed by atoms with Crippen LogP contribution < -0.4 is 0 Å². The summed E-state index contributed by atoms with van der Waals surface area (Å²) in [5.41, 5.74) is 1.23. The lowest BCUT2D eigenvalue weighted by molar-refractivity contribution is -0.188. The number of ether oxygens (including phenoxy) is 3. The molecule has 0 N–H and O–H groups in total. The van der Waals surface area contributed by atoms with Crippen molar-refractivity contribution in [1.82, 2.24) is 0 Å². The summed E-state index contributed by atoms with van der Waals surface area (Å²) in [6.07, 6.45) is 1.92. The monoisotopic (exact) mass is 220 g/mol. The van der Waals surface area contributed by atoms with Crippen molar-refractivity contribution in [2.24, 2.45) is 0 Å². The fraction of sp³-hybridized carbons (Fsp3) is 0.538. The molecule has 3 heteroatoms. The van der Waals surface area contributed by atoms with Gasteiger partial charge in [0.05, 0.1) is 12.7 Å². The average molecular weight is 220 g/mol. The Hall–Kier alpha value is -0.900. The van der Waals surface area contributed by atoms with Crippen molar-refractivity contribution < 1.29 is 14.2 Å². The van der Waals surface area contributed by atoms with Gasteiger partial charge in [0.1, 0.15) is 6.61 Å². The Morgan fingerprint density at radius 1 is 1.25 bits per heavy atom. The Morgan fingerprint density at radius 3 is 3.00 bits per heavy atom. The van der Waals surface area contributed by atoms with Crippen LogP contribution in [0.5, 0.6) is 0 Å². The van der Waals surface area contributed by atoms with E-state index in [9.17, 15) is 0 Å². The van der Waals surface area contributed by atoms with Crippen molar-refractivity contribution in [3.8, 4) is 0 Å². The van der Waals surface area contributed by atoms with Gasteiger partial charge in [0, 0.05) is 13.0 Å². The molecule has 1 aromatic carbocycles. The molecule has 3 nitrogen and oxygen atoms in total. The Labute approximate surface area is 95.3 Å². The fourth-order valence-corrected chi connectivity index (χ4v) is 2.33. The zero-order valence-corrected chi connectivity index (χ0v) is 9.22. The number of fused-ring (bicyclic) bond motifs is 2. The molecule has 2 fully saturated rings. The van der Waals surface area contributed by atoms with E-state index < -0.39 is 5.79 Å². The second kappa shape index (κ2) is 4.17. The minimum atomic E-state index is -0.539. The molecule has 2 bridgehead atoms. The topological polar surface area (TPSA) is 27.7 Å². The van der Waals surface area contributed by atoms with Gasteiger partial charge in [-0.15, -0.1) is 0 Å². The summed E-state index contributed by atoms with van der Waals surface area (Å²) in [6, 6.07) is 10.3. The SMILES string of the molecule is c1ccc(C[C@]23COCC[C@H](CO2)O3)cc1. The van der Waals surface area contributed by atoms with Gasteiger partial charge in [-0.1, -0.05) is 30.3 Å². The molecule has 86 valence electrons. The highest BCUT2D eigenvalue weighted by molar-refractivity contribution is 5.16. The molecule has 0 saturated carbocycles. The predicted octanol–water partition coefficient (Wildman–Crippen LogP) is 1.76. The fourth-order valence-electron chi connectivity index (χ4n) is 2.33. The summed E-state index contributed by atoms with van der Waals surface area (Å²) in [4.78, 5) is 0. The van der Waals surface area contributed by atoms with Crippen LogP contribution in [0.1, 0.15) is 12.0 Å². The summed E-state index contributed by atoms with van der Waals surface area (Å²) in [7, 11) is 0. The standard InChI is InChI=1S/C13H16O3/c1-2-4-11(5-3-1)8-13-10-14-7-6-12(16-13)9-15-13/h1-5,12H,6-10H2/t12-,13+/m1/s1. The van der Waals surface area contributed by atoms with Gasteiger partial charge < -0.3 is 14.2 Å². The summed E-state index contributed by atoms with van der Waals surface area (Å²) in [5, 5.41) is 0. The second-order valence-corrected chi connectivity index (χ2v) is 4.47. The number of benzene rings is 1. The Morgan fingerprint density at radius 2 is 2.12 bits per heavy atom. The van der Waals surface area contributed by atoms with Crippen LogP contribution in [-0.4, -0.2) is 31.7 Å². The highest BCUT2D eigenvalue weighted by Gasteiger charge is 2.43. The van der Waals surface area contributed by atoms with Gasteiger partial charge in [0.25, 0.3) is 0 Å². The van der Waals surface area contributed by atoms with E-state index in [0.29, 0.717) is 13.2 Å². The lowest BCUT2D eigenvalue weighted by Gasteiger charge is -2.26. The van der Waals surface area contributed by atoms with Crippen LogP contribution >= 0.6 is 0 Å². The molecule has 3 rings (SSSR count). The van der Waals surface area contributed by atoms with E-state index in [1.807, 2.05) is 18.2 Å². The third-order valence-electron chi connectivity index (χ3n) is 3.14. The first kappa shape index (κ1) is 10.3.